The summed E-state index contributed by atoms with van der Waals surface area (Å²) in [5, 5.41) is 15.5. The third-order valence-electron chi connectivity index (χ3n) is 4.98. The first-order chi connectivity index (χ1) is 13.3. The molecule has 0 bridgehead atoms. The Balaban J connectivity index is 1.37. The maximum Gasteiger partial charge on any atom is 0.123 e. The second-order valence-corrected chi connectivity index (χ2v) is 6.91. The largest absolute Gasteiger partial charge is 0.315 e. The predicted molar refractivity (Wildman–Crippen MR) is 101 cm³/mol. The summed E-state index contributed by atoms with van der Waals surface area (Å²) in [6.07, 6.45) is 6.58. The summed E-state index contributed by atoms with van der Waals surface area (Å²) < 4.78 is 15.1. The van der Waals surface area contributed by atoms with E-state index in [-0.39, 0.29) is 11.9 Å². The maximum atomic E-state index is 13.2. The van der Waals surface area contributed by atoms with Gasteiger partial charge in [-0.05, 0) is 42.3 Å². The number of hydrogen-bond donors (Lipinski definition) is 2. The van der Waals surface area contributed by atoms with Crippen molar-refractivity contribution in [2.45, 2.75) is 31.5 Å². The molecule has 7 heteroatoms. The molecule has 2 aromatic heterocycles. The smallest absolute Gasteiger partial charge is 0.123 e. The molecule has 2 N–H and O–H groups in total. The molecule has 0 amide bonds. The van der Waals surface area contributed by atoms with E-state index in [1.54, 1.807) is 18.3 Å². The molecule has 1 saturated heterocycles. The topological polar surface area (TPSA) is 67.7 Å². The first-order valence-electron chi connectivity index (χ1n) is 9.25. The number of piperidine rings is 1. The van der Waals surface area contributed by atoms with Crippen LogP contribution in [-0.2, 0) is 13.1 Å². The second-order valence-electron chi connectivity index (χ2n) is 6.91. The first-order valence-corrected chi connectivity index (χ1v) is 9.25. The zero-order valence-electron chi connectivity index (χ0n) is 15.1. The summed E-state index contributed by atoms with van der Waals surface area (Å²) in [4.78, 5) is 4.12. The van der Waals surface area contributed by atoms with Crippen molar-refractivity contribution < 1.29 is 4.39 Å². The summed E-state index contributed by atoms with van der Waals surface area (Å²) in [5.41, 5.74) is 3.17. The number of nitrogens with zero attached hydrogens (tertiary/aromatic N) is 4. The highest BCUT2D eigenvalue weighted by Crippen LogP contribution is 2.26. The monoisotopic (exact) mass is 366 g/mol. The van der Waals surface area contributed by atoms with E-state index in [1.807, 2.05) is 41.3 Å². The highest BCUT2D eigenvalue weighted by atomic mass is 19.1. The Morgan fingerprint density at radius 3 is 2.93 bits per heavy atom. The minimum Gasteiger partial charge on any atom is -0.315 e. The van der Waals surface area contributed by atoms with Gasteiger partial charge in [-0.1, -0.05) is 23.4 Å². The second kappa shape index (κ2) is 8.37. The number of hydrogen-bond acceptors (Lipinski definition) is 5. The van der Waals surface area contributed by atoms with Crippen molar-refractivity contribution >= 4 is 0 Å². The Morgan fingerprint density at radius 1 is 1.22 bits per heavy atom. The molecule has 0 spiro atoms. The summed E-state index contributed by atoms with van der Waals surface area (Å²) in [7, 11) is 0. The molecule has 6 nitrogen and oxygen atoms in total. The fourth-order valence-corrected chi connectivity index (χ4v) is 3.59. The fourth-order valence-electron chi connectivity index (χ4n) is 3.59. The number of benzene rings is 1. The molecule has 3 heterocycles. The van der Waals surface area contributed by atoms with Crippen LogP contribution in [0.15, 0.2) is 55.0 Å². The van der Waals surface area contributed by atoms with Crippen LogP contribution in [0.2, 0.25) is 0 Å². The molecule has 0 unspecified atom stereocenters. The average Bonchev–Trinajstić information content (AvgIpc) is 3.15. The Hall–Kier alpha value is -2.64. The van der Waals surface area contributed by atoms with E-state index in [0.29, 0.717) is 19.0 Å². The molecular weight excluding hydrogens is 343 g/mol. The zero-order chi connectivity index (χ0) is 18.5. The van der Waals surface area contributed by atoms with Crippen LogP contribution in [-0.4, -0.2) is 39.1 Å². The Kier molecular flexibility index (Phi) is 5.50. The highest BCUT2D eigenvalue weighted by Gasteiger charge is 2.26. The lowest BCUT2D eigenvalue weighted by molar-refractivity contribution is 0.341. The Labute approximate surface area is 157 Å². The quantitative estimate of drug-likeness (QED) is 0.699. The summed E-state index contributed by atoms with van der Waals surface area (Å²) >= 11 is 0. The Bertz CT molecular complexity index is 848. The number of rotatable bonds is 6. The maximum absolute atomic E-state index is 13.2. The zero-order valence-corrected chi connectivity index (χ0v) is 15.1. The van der Waals surface area contributed by atoms with Gasteiger partial charge < -0.3 is 10.6 Å². The lowest BCUT2D eigenvalue weighted by atomic mass is 9.86. The minimum atomic E-state index is -0.192. The van der Waals surface area contributed by atoms with Gasteiger partial charge in [0.05, 0.1) is 18.4 Å². The molecule has 1 fully saturated rings. The summed E-state index contributed by atoms with van der Waals surface area (Å²) in [6.45, 7) is 3.16. The van der Waals surface area contributed by atoms with Crippen molar-refractivity contribution in [1.82, 2.24) is 30.6 Å². The normalized spacial score (nSPS) is 19.9. The fraction of sp³-hybridized carbons (Fsp3) is 0.350. The van der Waals surface area contributed by atoms with Crippen LogP contribution in [0.5, 0.6) is 0 Å². The molecule has 2 atom stereocenters. The molecule has 1 aromatic carbocycles. The van der Waals surface area contributed by atoms with E-state index < -0.39 is 0 Å². The van der Waals surface area contributed by atoms with Gasteiger partial charge in [0.15, 0.2) is 0 Å². The van der Waals surface area contributed by atoms with Crippen LogP contribution in [0.1, 0.15) is 29.2 Å². The van der Waals surface area contributed by atoms with Gasteiger partial charge in [-0.2, -0.15) is 0 Å². The minimum absolute atomic E-state index is 0.192. The molecule has 1 aliphatic heterocycles. The predicted octanol–water partition coefficient (Wildman–Crippen LogP) is 2.10. The van der Waals surface area contributed by atoms with Crippen LogP contribution in [0, 0.1) is 5.82 Å². The van der Waals surface area contributed by atoms with E-state index in [0.717, 1.165) is 30.8 Å². The number of pyridine rings is 1. The van der Waals surface area contributed by atoms with E-state index in [1.165, 1.54) is 5.56 Å². The van der Waals surface area contributed by atoms with Crippen molar-refractivity contribution in [2.24, 2.45) is 0 Å². The van der Waals surface area contributed by atoms with Gasteiger partial charge in [-0.15, -0.1) is 5.10 Å². The summed E-state index contributed by atoms with van der Waals surface area (Å²) in [5.74, 6) is 0.166. The van der Waals surface area contributed by atoms with Gasteiger partial charge in [-0.25, -0.2) is 9.07 Å². The molecule has 3 aromatic rings. The molecule has 0 radical (unpaired) electrons. The van der Waals surface area contributed by atoms with Gasteiger partial charge in [0, 0.05) is 37.4 Å². The van der Waals surface area contributed by atoms with Crippen LogP contribution >= 0.6 is 0 Å². The van der Waals surface area contributed by atoms with Crippen molar-refractivity contribution in [2.75, 3.05) is 13.1 Å². The van der Waals surface area contributed by atoms with E-state index in [4.69, 9.17) is 0 Å². The van der Waals surface area contributed by atoms with Crippen molar-refractivity contribution in [1.29, 1.82) is 0 Å². The third kappa shape index (κ3) is 4.56. The van der Waals surface area contributed by atoms with Crippen LogP contribution in [0.3, 0.4) is 0 Å². The van der Waals surface area contributed by atoms with Gasteiger partial charge in [-0.3, -0.25) is 4.98 Å². The number of nitrogens with one attached hydrogen (secondary N) is 2. The molecule has 27 heavy (non-hydrogen) atoms. The average molecular weight is 366 g/mol. The van der Waals surface area contributed by atoms with E-state index in [9.17, 15) is 4.39 Å². The standard InChI is InChI=1S/C20H23FN6/c21-17-5-3-16(4-6-17)19-7-9-23-12-20(19)24-11-18-14-27(26-25-18)13-15-2-1-8-22-10-15/h1-6,8,10,14,19-20,23-24H,7,9,11-13H2/t19-,20-/m0/s1. The van der Waals surface area contributed by atoms with Crippen LogP contribution < -0.4 is 10.6 Å². The van der Waals surface area contributed by atoms with Crippen LogP contribution in [0.25, 0.3) is 0 Å². The lowest BCUT2D eigenvalue weighted by Crippen LogP contribution is -2.47. The van der Waals surface area contributed by atoms with Gasteiger partial charge >= 0.3 is 0 Å². The van der Waals surface area contributed by atoms with Gasteiger partial charge in [0.1, 0.15) is 5.82 Å². The van der Waals surface area contributed by atoms with Crippen molar-refractivity contribution in [3.05, 3.63) is 77.6 Å². The van der Waals surface area contributed by atoms with E-state index >= 15 is 0 Å². The van der Waals surface area contributed by atoms with Crippen molar-refractivity contribution in [3.63, 3.8) is 0 Å². The highest BCUT2D eigenvalue weighted by molar-refractivity contribution is 5.23. The Morgan fingerprint density at radius 2 is 2.11 bits per heavy atom. The molecule has 1 aliphatic rings. The molecule has 140 valence electrons. The van der Waals surface area contributed by atoms with Crippen LogP contribution in [0.4, 0.5) is 4.39 Å². The van der Waals surface area contributed by atoms with E-state index in [2.05, 4.69) is 25.9 Å². The molecule has 4 rings (SSSR count). The van der Waals surface area contributed by atoms with Gasteiger partial charge in [0.2, 0.25) is 0 Å². The third-order valence-corrected chi connectivity index (χ3v) is 4.98. The molecule has 0 saturated carbocycles. The summed E-state index contributed by atoms with van der Waals surface area (Å²) in [6, 6.07) is 11.1. The van der Waals surface area contributed by atoms with Gasteiger partial charge in [0.25, 0.3) is 0 Å². The SMILES string of the molecule is Fc1ccc([C@@H]2CCNC[C@@H]2NCc2cn(Cc3cccnc3)nn2)cc1. The first kappa shape index (κ1) is 17.8. The molecule has 0 aliphatic carbocycles. The van der Waals surface area contributed by atoms with Crippen molar-refractivity contribution in [3.8, 4) is 0 Å². The lowest BCUT2D eigenvalue weighted by Gasteiger charge is -2.33. The molecular formula is C20H23FN6. The number of halogens is 1. The number of aromatic nitrogens is 4.